The molecule has 1 N–H and O–H groups in total. The topological polar surface area (TPSA) is 75.2 Å². The molecule has 1 aromatic carbocycles. The van der Waals surface area contributed by atoms with Gasteiger partial charge in [-0.25, -0.2) is 9.97 Å². The summed E-state index contributed by atoms with van der Waals surface area (Å²) in [7, 11) is 0. The van der Waals surface area contributed by atoms with Gasteiger partial charge in [0.15, 0.2) is 5.78 Å². The third-order valence-corrected chi connectivity index (χ3v) is 3.69. The van der Waals surface area contributed by atoms with Gasteiger partial charge < -0.3 is 10.2 Å². The Balaban J connectivity index is 2.13. The second kappa shape index (κ2) is 8.92. The van der Waals surface area contributed by atoms with E-state index in [0.717, 1.165) is 25.9 Å². The zero-order chi connectivity index (χ0) is 18.2. The van der Waals surface area contributed by atoms with Gasteiger partial charge in [-0.2, -0.15) is 0 Å². The van der Waals surface area contributed by atoms with Gasteiger partial charge >= 0.3 is 0 Å². The highest BCUT2D eigenvalue weighted by Crippen LogP contribution is 2.13. The molecular formula is C19H24N4O2. The van der Waals surface area contributed by atoms with Crippen molar-refractivity contribution in [2.75, 3.05) is 23.3 Å². The van der Waals surface area contributed by atoms with Crippen LogP contribution >= 0.6 is 0 Å². The molecule has 0 saturated carbocycles. The van der Waals surface area contributed by atoms with Gasteiger partial charge in [-0.15, -0.1) is 0 Å². The molecular weight excluding hydrogens is 316 g/mol. The Kier molecular flexibility index (Phi) is 6.62. The fourth-order valence-electron chi connectivity index (χ4n) is 2.46. The highest BCUT2D eigenvalue weighted by molar-refractivity contribution is 6.03. The summed E-state index contributed by atoms with van der Waals surface area (Å²) in [4.78, 5) is 34.5. The first-order chi connectivity index (χ1) is 12.0. The van der Waals surface area contributed by atoms with Crippen LogP contribution in [0.3, 0.4) is 0 Å². The van der Waals surface area contributed by atoms with E-state index in [1.807, 2.05) is 0 Å². The highest BCUT2D eigenvalue weighted by atomic mass is 16.2. The molecule has 0 unspecified atom stereocenters. The predicted octanol–water partition coefficient (Wildman–Crippen LogP) is 3.56. The van der Waals surface area contributed by atoms with E-state index in [0.29, 0.717) is 22.9 Å². The minimum Gasteiger partial charge on any atom is -0.341 e. The van der Waals surface area contributed by atoms with Crippen molar-refractivity contribution in [2.24, 2.45) is 0 Å². The molecule has 0 aliphatic carbocycles. The second-order valence-corrected chi connectivity index (χ2v) is 5.82. The number of rotatable bonds is 8. The van der Waals surface area contributed by atoms with E-state index < -0.39 is 0 Å². The normalized spacial score (nSPS) is 10.4. The zero-order valence-corrected chi connectivity index (χ0v) is 15.0. The Morgan fingerprint density at radius 2 is 1.68 bits per heavy atom. The highest BCUT2D eigenvalue weighted by Gasteiger charge is 2.13. The maximum absolute atomic E-state index is 12.4. The summed E-state index contributed by atoms with van der Waals surface area (Å²) in [6.07, 6.45) is 3.58. The molecule has 2 rings (SSSR count). The molecule has 25 heavy (non-hydrogen) atoms. The zero-order valence-electron chi connectivity index (χ0n) is 15.0. The summed E-state index contributed by atoms with van der Waals surface area (Å²) in [5.41, 5.74) is 1.55. The van der Waals surface area contributed by atoms with Crippen molar-refractivity contribution in [1.29, 1.82) is 0 Å². The van der Waals surface area contributed by atoms with Gasteiger partial charge in [0.05, 0.1) is 0 Å². The first-order valence-corrected chi connectivity index (χ1v) is 8.55. The van der Waals surface area contributed by atoms with Crippen LogP contribution in [-0.4, -0.2) is 34.7 Å². The number of Topliss-reactive ketones (excluding diaryl/α,β-unsaturated/α-hetero) is 1. The Morgan fingerprint density at radius 1 is 1.04 bits per heavy atom. The summed E-state index contributed by atoms with van der Waals surface area (Å²) in [5.74, 6) is 0.265. The molecule has 0 aliphatic rings. The number of hydrogen-bond acceptors (Lipinski definition) is 5. The molecule has 0 aliphatic heterocycles. The minimum atomic E-state index is -0.299. The van der Waals surface area contributed by atoms with Crippen LogP contribution in [0.15, 0.2) is 36.5 Å². The smallest absolute Gasteiger partial charge is 0.274 e. The molecule has 2 aromatic rings. The second-order valence-electron chi connectivity index (χ2n) is 5.82. The largest absolute Gasteiger partial charge is 0.341 e. The maximum Gasteiger partial charge on any atom is 0.274 e. The van der Waals surface area contributed by atoms with Crippen LogP contribution in [0, 0.1) is 0 Å². The van der Waals surface area contributed by atoms with E-state index in [9.17, 15) is 9.59 Å². The third-order valence-electron chi connectivity index (χ3n) is 3.69. The number of ketones is 1. The molecule has 0 saturated heterocycles. The molecule has 132 valence electrons. The number of benzene rings is 1. The number of hydrogen-bond donors (Lipinski definition) is 1. The van der Waals surface area contributed by atoms with Gasteiger partial charge in [0.1, 0.15) is 5.69 Å². The predicted molar refractivity (Wildman–Crippen MR) is 99.2 cm³/mol. The van der Waals surface area contributed by atoms with Crippen LogP contribution in [0.25, 0.3) is 0 Å². The first kappa shape index (κ1) is 18.6. The number of aromatic nitrogens is 2. The van der Waals surface area contributed by atoms with Crippen LogP contribution in [0.5, 0.6) is 0 Å². The summed E-state index contributed by atoms with van der Waals surface area (Å²) in [5, 5.41) is 2.80. The Bertz CT molecular complexity index is 722. The van der Waals surface area contributed by atoms with Crippen LogP contribution in [-0.2, 0) is 0 Å². The molecule has 1 heterocycles. The van der Waals surface area contributed by atoms with E-state index >= 15 is 0 Å². The Hall–Kier alpha value is -2.76. The maximum atomic E-state index is 12.4. The molecule has 0 fully saturated rings. The fourth-order valence-corrected chi connectivity index (χ4v) is 2.46. The number of carbonyl (C=O) groups is 2. The minimum absolute atomic E-state index is 0.00902. The van der Waals surface area contributed by atoms with Crippen molar-refractivity contribution in [1.82, 2.24) is 9.97 Å². The first-order valence-electron chi connectivity index (χ1n) is 8.55. The third kappa shape index (κ3) is 5.11. The van der Waals surface area contributed by atoms with Gasteiger partial charge in [-0.1, -0.05) is 13.8 Å². The SMILES string of the molecule is CCCN(CCC)c1nccc(C(=O)Nc2ccc(C(C)=O)cc2)n1. The van der Waals surface area contributed by atoms with Gasteiger partial charge in [0.25, 0.3) is 5.91 Å². The monoisotopic (exact) mass is 340 g/mol. The van der Waals surface area contributed by atoms with Crippen molar-refractivity contribution in [3.63, 3.8) is 0 Å². The van der Waals surface area contributed by atoms with Crippen molar-refractivity contribution in [3.8, 4) is 0 Å². The lowest BCUT2D eigenvalue weighted by Crippen LogP contribution is -2.27. The van der Waals surface area contributed by atoms with Crippen molar-refractivity contribution in [3.05, 3.63) is 47.8 Å². The summed E-state index contributed by atoms with van der Waals surface area (Å²) < 4.78 is 0. The van der Waals surface area contributed by atoms with Crippen molar-refractivity contribution < 1.29 is 9.59 Å². The quantitative estimate of drug-likeness (QED) is 0.744. The Morgan fingerprint density at radius 3 is 2.24 bits per heavy atom. The van der Waals surface area contributed by atoms with E-state index in [1.54, 1.807) is 36.5 Å². The van der Waals surface area contributed by atoms with E-state index in [4.69, 9.17) is 0 Å². The molecule has 6 heteroatoms. The van der Waals surface area contributed by atoms with Crippen LogP contribution in [0.4, 0.5) is 11.6 Å². The molecule has 6 nitrogen and oxygen atoms in total. The molecule has 1 amide bonds. The molecule has 0 spiro atoms. The standard InChI is InChI=1S/C19H24N4O2/c1-4-12-23(13-5-2)19-20-11-10-17(22-19)18(25)21-16-8-6-15(7-9-16)14(3)24/h6-11H,4-5,12-13H2,1-3H3,(H,21,25). The van der Waals surface area contributed by atoms with Crippen LogP contribution < -0.4 is 10.2 Å². The lowest BCUT2D eigenvalue weighted by atomic mass is 10.1. The number of carbonyl (C=O) groups excluding carboxylic acids is 2. The number of amides is 1. The van der Waals surface area contributed by atoms with Crippen molar-refractivity contribution in [2.45, 2.75) is 33.6 Å². The number of anilines is 2. The summed E-state index contributed by atoms with van der Waals surface area (Å²) in [6, 6.07) is 8.38. The fraction of sp³-hybridized carbons (Fsp3) is 0.368. The molecule has 1 aromatic heterocycles. The molecule has 0 radical (unpaired) electrons. The molecule has 0 bridgehead atoms. The summed E-state index contributed by atoms with van der Waals surface area (Å²) in [6.45, 7) is 7.42. The number of nitrogens with zero attached hydrogens (tertiary/aromatic N) is 3. The summed E-state index contributed by atoms with van der Waals surface area (Å²) >= 11 is 0. The van der Waals surface area contributed by atoms with E-state index in [2.05, 4.69) is 34.0 Å². The molecule has 0 atom stereocenters. The lowest BCUT2D eigenvalue weighted by Gasteiger charge is -2.21. The van der Waals surface area contributed by atoms with Gasteiger partial charge in [0.2, 0.25) is 5.95 Å². The van der Waals surface area contributed by atoms with E-state index in [1.165, 1.54) is 6.92 Å². The lowest BCUT2D eigenvalue weighted by molar-refractivity contribution is 0.101. The number of nitrogens with one attached hydrogen (secondary N) is 1. The van der Waals surface area contributed by atoms with Gasteiger partial charge in [-0.3, -0.25) is 9.59 Å². The average molecular weight is 340 g/mol. The van der Waals surface area contributed by atoms with E-state index in [-0.39, 0.29) is 11.7 Å². The van der Waals surface area contributed by atoms with Crippen LogP contribution in [0.1, 0.15) is 54.5 Å². The Labute approximate surface area is 148 Å². The van der Waals surface area contributed by atoms with Gasteiger partial charge in [-0.05, 0) is 50.1 Å². The van der Waals surface area contributed by atoms with Crippen molar-refractivity contribution >= 4 is 23.3 Å². The van der Waals surface area contributed by atoms with Crippen LogP contribution in [0.2, 0.25) is 0 Å². The van der Waals surface area contributed by atoms with Gasteiger partial charge in [0, 0.05) is 30.5 Å². The average Bonchev–Trinajstić information content (AvgIpc) is 2.62.